The van der Waals surface area contributed by atoms with Crippen molar-refractivity contribution in [3.63, 3.8) is 0 Å². The highest BCUT2D eigenvalue weighted by Crippen LogP contribution is 2.35. The van der Waals surface area contributed by atoms with E-state index in [1.807, 2.05) is 6.20 Å². The Morgan fingerprint density at radius 1 is 1.15 bits per heavy atom. The van der Waals surface area contributed by atoms with E-state index in [9.17, 15) is 0 Å². The summed E-state index contributed by atoms with van der Waals surface area (Å²) < 4.78 is 0. The molecule has 0 fully saturated rings. The summed E-state index contributed by atoms with van der Waals surface area (Å²) >= 11 is 0. The normalized spacial score (nSPS) is 19.6. The fraction of sp³-hybridized carbons (Fsp3) is 0.200. The highest BCUT2D eigenvalue weighted by atomic mass is 15.2. The zero-order valence-corrected chi connectivity index (χ0v) is 7.39. The van der Waals surface area contributed by atoms with E-state index in [1.54, 1.807) is 0 Å². The third-order valence-corrected chi connectivity index (χ3v) is 2.47. The first-order valence-electron chi connectivity index (χ1n) is 4.48. The molecule has 3 N–H and O–H groups in total. The maximum atomic E-state index is 3.40. The van der Waals surface area contributed by atoms with Crippen LogP contribution in [-0.4, -0.2) is 11.1 Å². The van der Waals surface area contributed by atoms with Crippen LogP contribution in [0.25, 0.3) is 10.9 Å². The molecule has 0 saturated carbocycles. The highest BCUT2D eigenvalue weighted by molar-refractivity contribution is 6.00. The lowest BCUT2D eigenvalue weighted by molar-refractivity contribution is 0.957. The predicted octanol–water partition coefficient (Wildman–Crippen LogP) is 2.35. The maximum absolute atomic E-state index is 3.40. The van der Waals surface area contributed by atoms with Crippen LogP contribution in [0.4, 0.5) is 11.4 Å². The molecule has 0 spiro atoms. The summed E-state index contributed by atoms with van der Waals surface area (Å²) in [5.74, 6) is 0. The van der Waals surface area contributed by atoms with Crippen LogP contribution in [0.15, 0.2) is 24.4 Å². The van der Waals surface area contributed by atoms with Gasteiger partial charge in [-0.25, -0.2) is 0 Å². The number of fused-ring (bicyclic) bond motifs is 3. The molecule has 1 aliphatic heterocycles. The van der Waals surface area contributed by atoms with E-state index in [0.717, 1.165) is 0 Å². The van der Waals surface area contributed by atoms with Crippen LogP contribution in [0.2, 0.25) is 0 Å². The van der Waals surface area contributed by atoms with Crippen LogP contribution in [0, 0.1) is 0 Å². The average Bonchev–Trinajstić information content (AvgIpc) is 2.65. The van der Waals surface area contributed by atoms with Crippen LogP contribution >= 0.6 is 0 Å². The van der Waals surface area contributed by atoms with Crippen LogP contribution in [0.3, 0.4) is 0 Å². The van der Waals surface area contributed by atoms with Gasteiger partial charge in [0.1, 0.15) is 0 Å². The van der Waals surface area contributed by atoms with Gasteiger partial charge in [-0.15, -0.1) is 0 Å². The summed E-state index contributed by atoms with van der Waals surface area (Å²) in [4.78, 5) is 3.20. The number of nitrogens with one attached hydrogen (secondary N) is 3. The summed E-state index contributed by atoms with van der Waals surface area (Å²) in [5, 5.41) is 8.01. The van der Waals surface area contributed by atoms with Crippen LogP contribution in [0.1, 0.15) is 6.92 Å². The van der Waals surface area contributed by atoms with Crippen molar-refractivity contribution < 1.29 is 0 Å². The maximum Gasteiger partial charge on any atom is 0.0936 e. The number of rotatable bonds is 0. The van der Waals surface area contributed by atoms with Crippen LogP contribution in [0.5, 0.6) is 0 Å². The molecule has 0 radical (unpaired) electrons. The molecule has 2 heterocycles. The molecule has 0 bridgehead atoms. The fourth-order valence-electron chi connectivity index (χ4n) is 1.89. The second kappa shape index (κ2) is 2.19. The molecule has 0 aliphatic carbocycles. The molecular weight excluding hydrogens is 162 g/mol. The smallest absolute Gasteiger partial charge is 0.0936 e. The van der Waals surface area contributed by atoms with E-state index in [4.69, 9.17) is 0 Å². The third kappa shape index (κ3) is 0.840. The SMILES string of the molecule is CC1Nc2ccc3[nH]ccc3c2N1. The zero-order valence-electron chi connectivity index (χ0n) is 7.39. The highest BCUT2D eigenvalue weighted by Gasteiger charge is 2.17. The first kappa shape index (κ1) is 6.83. The number of aromatic nitrogens is 1. The number of aromatic amines is 1. The Hall–Kier alpha value is -1.64. The van der Waals surface area contributed by atoms with Gasteiger partial charge in [0.15, 0.2) is 0 Å². The predicted molar refractivity (Wildman–Crippen MR) is 55.0 cm³/mol. The lowest BCUT2D eigenvalue weighted by Crippen LogP contribution is -2.16. The number of anilines is 2. The second-order valence-corrected chi connectivity index (χ2v) is 3.44. The number of benzene rings is 1. The molecule has 66 valence electrons. The van der Waals surface area contributed by atoms with E-state index < -0.39 is 0 Å². The van der Waals surface area contributed by atoms with Gasteiger partial charge in [0, 0.05) is 17.1 Å². The lowest BCUT2D eigenvalue weighted by Gasteiger charge is -2.02. The Kier molecular flexibility index (Phi) is 1.15. The Morgan fingerprint density at radius 2 is 2.08 bits per heavy atom. The molecule has 3 rings (SSSR count). The van der Waals surface area contributed by atoms with Gasteiger partial charge < -0.3 is 15.6 Å². The molecule has 1 atom stereocenters. The third-order valence-electron chi connectivity index (χ3n) is 2.47. The molecule has 1 unspecified atom stereocenters. The van der Waals surface area contributed by atoms with Crippen molar-refractivity contribution in [2.75, 3.05) is 10.6 Å². The number of hydrogen-bond donors (Lipinski definition) is 3. The molecule has 2 aromatic rings. The Balaban J connectivity index is 2.34. The van der Waals surface area contributed by atoms with Crippen molar-refractivity contribution in [2.24, 2.45) is 0 Å². The van der Waals surface area contributed by atoms with E-state index >= 15 is 0 Å². The lowest BCUT2D eigenvalue weighted by atomic mass is 10.2. The van der Waals surface area contributed by atoms with Gasteiger partial charge >= 0.3 is 0 Å². The molecule has 3 nitrogen and oxygen atoms in total. The molecule has 13 heavy (non-hydrogen) atoms. The summed E-state index contributed by atoms with van der Waals surface area (Å²) in [6.45, 7) is 2.11. The minimum Gasteiger partial charge on any atom is -0.364 e. The fourth-order valence-corrected chi connectivity index (χ4v) is 1.89. The molecular formula is C10H11N3. The molecule has 1 aliphatic rings. The number of hydrogen-bond acceptors (Lipinski definition) is 2. The Morgan fingerprint density at radius 3 is 3.00 bits per heavy atom. The molecule has 1 aromatic heterocycles. The Labute approximate surface area is 76.1 Å². The topological polar surface area (TPSA) is 39.9 Å². The van der Waals surface area contributed by atoms with Gasteiger partial charge in [0.25, 0.3) is 0 Å². The largest absolute Gasteiger partial charge is 0.364 e. The molecule has 3 heteroatoms. The van der Waals surface area contributed by atoms with E-state index in [0.29, 0.717) is 6.17 Å². The van der Waals surface area contributed by atoms with Gasteiger partial charge in [-0.1, -0.05) is 0 Å². The zero-order chi connectivity index (χ0) is 8.84. The van der Waals surface area contributed by atoms with Crippen molar-refractivity contribution in [3.05, 3.63) is 24.4 Å². The van der Waals surface area contributed by atoms with Gasteiger partial charge in [-0.3, -0.25) is 0 Å². The van der Waals surface area contributed by atoms with Crippen LogP contribution in [-0.2, 0) is 0 Å². The minimum atomic E-state index is 0.329. The summed E-state index contributed by atoms with van der Waals surface area (Å²) in [5.41, 5.74) is 3.59. The van der Waals surface area contributed by atoms with Gasteiger partial charge in [0.05, 0.1) is 17.5 Å². The minimum absolute atomic E-state index is 0.329. The summed E-state index contributed by atoms with van der Waals surface area (Å²) in [6, 6.07) is 6.30. The quantitative estimate of drug-likeness (QED) is 0.572. The van der Waals surface area contributed by atoms with Crippen LogP contribution < -0.4 is 10.6 Å². The van der Waals surface area contributed by atoms with Gasteiger partial charge in [0.2, 0.25) is 0 Å². The number of H-pyrrole nitrogens is 1. The van der Waals surface area contributed by atoms with Crippen molar-refractivity contribution in [2.45, 2.75) is 13.1 Å². The van der Waals surface area contributed by atoms with Crippen molar-refractivity contribution >= 4 is 22.3 Å². The van der Waals surface area contributed by atoms with Gasteiger partial charge in [-0.2, -0.15) is 0 Å². The first-order valence-corrected chi connectivity index (χ1v) is 4.48. The molecule has 0 saturated heterocycles. The average molecular weight is 173 g/mol. The van der Waals surface area contributed by atoms with Crippen molar-refractivity contribution in [1.29, 1.82) is 0 Å². The Bertz CT molecular complexity index is 458. The monoisotopic (exact) mass is 173 g/mol. The summed E-state index contributed by atoms with van der Waals surface area (Å²) in [6.07, 6.45) is 2.30. The standard InChI is InChI=1S/C10H11N3/c1-6-12-9-3-2-8-7(4-5-11-8)10(9)13-6/h2-6,11-13H,1H3. The van der Waals surface area contributed by atoms with Gasteiger partial charge in [-0.05, 0) is 25.1 Å². The van der Waals surface area contributed by atoms with E-state index in [2.05, 4.69) is 40.7 Å². The summed E-state index contributed by atoms with van der Waals surface area (Å²) in [7, 11) is 0. The van der Waals surface area contributed by atoms with E-state index in [1.165, 1.54) is 22.3 Å². The van der Waals surface area contributed by atoms with E-state index in [-0.39, 0.29) is 0 Å². The van der Waals surface area contributed by atoms with Crippen molar-refractivity contribution in [1.82, 2.24) is 4.98 Å². The van der Waals surface area contributed by atoms with Crippen molar-refractivity contribution in [3.8, 4) is 0 Å². The molecule has 1 aromatic carbocycles. The second-order valence-electron chi connectivity index (χ2n) is 3.44. The first-order chi connectivity index (χ1) is 6.34. The molecule has 0 amide bonds.